The molecule has 3 heteroatoms. The van der Waals surface area contributed by atoms with Gasteiger partial charge in [0.15, 0.2) is 0 Å². The largest absolute Gasteiger partial charge is 0.406 e. The molecule has 0 spiro atoms. The van der Waals surface area contributed by atoms with E-state index in [1.165, 1.54) is 70.3 Å². The lowest BCUT2D eigenvalue weighted by molar-refractivity contribution is 0.325. The molecule has 1 N–H and O–H groups in total. The van der Waals surface area contributed by atoms with Gasteiger partial charge in [-0.3, -0.25) is 0 Å². The highest BCUT2D eigenvalue weighted by molar-refractivity contribution is 6.72. The standard InChI is InChI=1S/C15H31NOSi/c1-3-13-18(17-2,15-11-7-8-12-15)16-14-9-5-4-6-10-14/h14-16H,3-13H2,1-2H3. The van der Waals surface area contributed by atoms with Crippen LogP contribution in [0.5, 0.6) is 0 Å². The second-order valence-corrected chi connectivity index (χ2v) is 10.1. The Labute approximate surface area is 114 Å². The van der Waals surface area contributed by atoms with E-state index in [0.29, 0.717) is 0 Å². The normalized spacial score (nSPS) is 26.3. The number of rotatable bonds is 6. The fourth-order valence-electron chi connectivity index (χ4n) is 4.08. The zero-order chi connectivity index (χ0) is 12.8. The summed E-state index contributed by atoms with van der Waals surface area (Å²) in [5, 5.41) is 0. The van der Waals surface area contributed by atoms with Gasteiger partial charge in [-0.1, -0.05) is 45.4 Å². The Hall–Kier alpha value is 0.137. The van der Waals surface area contributed by atoms with Crippen molar-refractivity contribution in [3.63, 3.8) is 0 Å². The topological polar surface area (TPSA) is 21.3 Å². The van der Waals surface area contributed by atoms with Crippen molar-refractivity contribution in [2.45, 2.75) is 88.8 Å². The lowest BCUT2D eigenvalue weighted by Crippen LogP contribution is -2.59. The molecule has 0 aromatic carbocycles. The van der Waals surface area contributed by atoms with E-state index in [1.54, 1.807) is 0 Å². The fourth-order valence-corrected chi connectivity index (χ4v) is 8.58. The third-order valence-electron chi connectivity index (χ3n) is 5.05. The van der Waals surface area contributed by atoms with Crippen LogP contribution in [0.25, 0.3) is 0 Å². The monoisotopic (exact) mass is 269 g/mol. The molecule has 1 atom stereocenters. The fraction of sp³-hybridized carbons (Fsp3) is 1.00. The average molecular weight is 270 g/mol. The van der Waals surface area contributed by atoms with Crippen molar-refractivity contribution in [2.24, 2.45) is 0 Å². The molecule has 0 aliphatic heterocycles. The summed E-state index contributed by atoms with van der Waals surface area (Å²) in [6, 6.07) is 2.07. The first-order valence-corrected chi connectivity index (χ1v) is 10.3. The van der Waals surface area contributed by atoms with Crippen LogP contribution in [0.1, 0.15) is 71.1 Å². The van der Waals surface area contributed by atoms with Gasteiger partial charge in [-0.25, -0.2) is 0 Å². The van der Waals surface area contributed by atoms with Crippen molar-refractivity contribution in [3.05, 3.63) is 0 Å². The summed E-state index contributed by atoms with van der Waals surface area (Å²) in [6.07, 6.45) is 14.0. The predicted molar refractivity (Wildman–Crippen MR) is 80.1 cm³/mol. The molecule has 2 fully saturated rings. The first kappa shape index (κ1) is 14.5. The van der Waals surface area contributed by atoms with E-state index in [-0.39, 0.29) is 0 Å². The molecular formula is C15H31NOSi. The van der Waals surface area contributed by atoms with Crippen LogP contribution in [-0.2, 0) is 4.43 Å². The van der Waals surface area contributed by atoms with Gasteiger partial charge < -0.3 is 9.41 Å². The van der Waals surface area contributed by atoms with Crippen LogP contribution >= 0.6 is 0 Å². The molecule has 0 bridgehead atoms. The van der Waals surface area contributed by atoms with Crippen molar-refractivity contribution >= 4 is 8.48 Å². The summed E-state index contributed by atoms with van der Waals surface area (Å²) in [4.78, 5) is 4.08. The van der Waals surface area contributed by atoms with E-state index in [2.05, 4.69) is 11.9 Å². The summed E-state index contributed by atoms with van der Waals surface area (Å²) in [5.41, 5.74) is 0.879. The third kappa shape index (κ3) is 3.37. The minimum Gasteiger partial charge on any atom is -0.406 e. The van der Waals surface area contributed by atoms with Gasteiger partial charge in [0.2, 0.25) is 0 Å². The SMILES string of the molecule is CCC[Si](NC1CCCCC1)(OC)C1CCCC1. The van der Waals surface area contributed by atoms with Crippen LogP contribution < -0.4 is 4.98 Å². The Balaban J connectivity index is 2.01. The number of nitrogens with one attached hydrogen (secondary N) is 1. The molecule has 0 aromatic heterocycles. The smallest absolute Gasteiger partial charge is 0.271 e. The molecule has 0 heterocycles. The first-order valence-electron chi connectivity index (χ1n) is 8.13. The Morgan fingerprint density at radius 2 is 1.61 bits per heavy atom. The Bertz CT molecular complexity index is 237. The van der Waals surface area contributed by atoms with Crippen LogP contribution in [0.3, 0.4) is 0 Å². The molecule has 2 aliphatic carbocycles. The van der Waals surface area contributed by atoms with E-state index in [4.69, 9.17) is 4.43 Å². The molecule has 2 aliphatic rings. The molecule has 18 heavy (non-hydrogen) atoms. The summed E-state index contributed by atoms with van der Waals surface area (Å²) in [7, 11) is 0.308. The van der Waals surface area contributed by atoms with Crippen molar-refractivity contribution in [1.82, 2.24) is 4.98 Å². The lowest BCUT2D eigenvalue weighted by atomic mass is 9.96. The summed E-state index contributed by atoms with van der Waals surface area (Å²) in [6.45, 7) is 2.32. The highest BCUT2D eigenvalue weighted by Gasteiger charge is 2.44. The van der Waals surface area contributed by atoms with Crippen molar-refractivity contribution < 1.29 is 4.43 Å². The second kappa shape index (κ2) is 7.06. The Morgan fingerprint density at radius 3 is 2.17 bits per heavy atom. The molecular weight excluding hydrogens is 238 g/mol. The zero-order valence-electron chi connectivity index (χ0n) is 12.3. The molecule has 2 saturated carbocycles. The van der Waals surface area contributed by atoms with Crippen molar-refractivity contribution in [2.75, 3.05) is 7.11 Å². The Kier molecular flexibility index (Phi) is 5.71. The first-order chi connectivity index (χ1) is 8.80. The van der Waals surface area contributed by atoms with Gasteiger partial charge in [0, 0.05) is 13.2 Å². The molecule has 106 valence electrons. The van der Waals surface area contributed by atoms with E-state index >= 15 is 0 Å². The van der Waals surface area contributed by atoms with Gasteiger partial charge in [-0.15, -0.1) is 0 Å². The molecule has 1 unspecified atom stereocenters. The molecule has 2 nitrogen and oxygen atoms in total. The summed E-state index contributed by atoms with van der Waals surface area (Å²) >= 11 is 0. The van der Waals surface area contributed by atoms with Crippen LogP contribution in [0, 0.1) is 0 Å². The number of hydrogen-bond acceptors (Lipinski definition) is 2. The maximum atomic E-state index is 6.19. The van der Waals surface area contributed by atoms with Gasteiger partial charge in [-0.05, 0) is 37.3 Å². The quantitative estimate of drug-likeness (QED) is 0.724. The maximum Gasteiger partial charge on any atom is 0.271 e. The van der Waals surface area contributed by atoms with E-state index in [9.17, 15) is 0 Å². The highest BCUT2D eigenvalue weighted by atomic mass is 28.4. The van der Waals surface area contributed by atoms with Gasteiger partial charge in [0.25, 0.3) is 8.48 Å². The van der Waals surface area contributed by atoms with E-state index < -0.39 is 8.48 Å². The van der Waals surface area contributed by atoms with Gasteiger partial charge in [0.1, 0.15) is 0 Å². The molecule has 0 radical (unpaired) electrons. The third-order valence-corrected chi connectivity index (χ3v) is 9.82. The molecule has 2 rings (SSSR count). The van der Waals surface area contributed by atoms with E-state index in [0.717, 1.165) is 11.6 Å². The van der Waals surface area contributed by atoms with Crippen LogP contribution in [0.2, 0.25) is 11.6 Å². The van der Waals surface area contributed by atoms with Gasteiger partial charge >= 0.3 is 0 Å². The second-order valence-electron chi connectivity index (χ2n) is 6.30. The summed E-state index contributed by atoms with van der Waals surface area (Å²) in [5.74, 6) is 0. The zero-order valence-corrected chi connectivity index (χ0v) is 13.3. The maximum absolute atomic E-state index is 6.19. The minimum absolute atomic E-state index is 0.762. The van der Waals surface area contributed by atoms with Gasteiger partial charge in [0.05, 0.1) is 0 Å². The van der Waals surface area contributed by atoms with Crippen LogP contribution in [0.4, 0.5) is 0 Å². The molecule has 0 aromatic rings. The molecule has 0 amide bonds. The predicted octanol–water partition coefficient (Wildman–Crippen LogP) is 4.35. The van der Waals surface area contributed by atoms with Gasteiger partial charge in [-0.2, -0.15) is 0 Å². The van der Waals surface area contributed by atoms with Crippen molar-refractivity contribution in [3.8, 4) is 0 Å². The van der Waals surface area contributed by atoms with E-state index in [1.807, 2.05) is 7.11 Å². The van der Waals surface area contributed by atoms with Crippen LogP contribution in [-0.4, -0.2) is 21.6 Å². The minimum atomic E-state index is -1.67. The number of hydrogen-bond donors (Lipinski definition) is 1. The molecule has 0 saturated heterocycles. The highest BCUT2D eigenvalue weighted by Crippen LogP contribution is 2.40. The van der Waals surface area contributed by atoms with Crippen LogP contribution in [0.15, 0.2) is 0 Å². The Morgan fingerprint density at radius 1 is 1.00 bits per heavy atom. The summed E-state index contributed by atoms with van der Waals surface area (Å²) < 4.78 is 6.19. The van der Waals surface area contributed by atoms with Crippen molar-refractivity contribution in [1.29, 1.82) is 0 Å². The lowest BCUT2D eigenvalue weighted by Gasteiger charge is -2.40. The average Bonchev–Trinajstić information content (AvgIpc) is 2.94.